The Labute approximate surface area is 141 Å². The number of hydrogen-bond donors (Lipinski definition) is 1. The average Bonchev–Trinajstić information content (AvgIpc) is 3.33. The van der Waals surface area contributed by atoms with E-state index < -0.39 is 44.6 Å². The highest BCUT2D eigenvalue weighted by Crippen LogP contribution is 2.30. The number of carbonyl (C=O) groups excluding carboxylic acids is 2. The number of ketones is 1. The molecule has 0 aromatic heterocycles. The molecule has 8 heteroatoms. The molecule has 23 heavy (non-hydrogen) atoms. The highest BCUT2D eigenvalue weighted by molar-refractivity contribution is 6.36. The lowest BCUT2D eigenvalue weighted by molar-refractivity contribution is -0.138. The molecular weight excluding hydrogens is 351 g/mol. The molecule has 1 fully saturated rings. The van der Waals surface area contributed by atoms with Crippen LogP contribution in [0.15, 0.2) is 17.8 Å². The Morgan fingerprint density at radius 1 is 1.35 bits per heavy atom. The maximum Gasteiger partial charge on any atom is 0.343 e. The van der Waals surface area contributed by atoms with Crippen LogP contribution in [0.4, 0.5) is 8.78 Å². The molecule has 0 radical (unpaired) electrons. The average molecular weight is 364 g/mol. The van der Waals surface area contributed by atoms with Gasteiger partial charge in [-0.3, -0.25) is 4.79 Å². The number of hydrogen-bond acceptors (Lipinski definition) is 4. The topological polar surface area (TPSA) is 55.4 Å². The summed E-state index contributed by atoms with van der Waals surface area (Å²) in [4.78, 5) is 24.4. The fraction of sp³-hybridized carbons (Fsp3) is 0.333. The van der Waals surface area contributed by atoms with Gasteiger partial charge in [0.15, 0.2) is 11.6 Å². The van der Waals surface area contributed by atoms with Gasteiger partial charge in [-0.05, 0) is 25.8 Å². The van der Waals surface area contributed by atoms with Gasteiger partial charge in [-0.15, -0.1) is 0 Å². The van der Waals surface area contributed by atoms with E-state index in [4.69, 9.17) is 27.9 Å². The van der Waals surface area contributed by atoms with Gasteiger partial charge in [0.1, 0.15) is 10.6 Å². The fourth-order valence-electron chi connectivity index (χ4n) is 1.76. The molecule has 0 amide bonds. The third-order valence-corrected chi connectivity index (χ3v) is 3.73. The monoisotopic (exact) mass is 363 g/mol. The minimum absolute atomic E-state index is 0.0420. The van der Waals surface area contributed by atoms with Crippen molar-refractivity contribution >= 4 is 35.0 Å². The van der Waals surface area contributed by atoms with Crippen molar-refractivity contribution in [2.75, 3.05) is 6.61 Å². The van der Waals surface area contributed by atoms with Gasteiger partial charge in [0.25, 0.3) is 0 Å². The molecular formula is C15H13Cl2F2NO3. The molecule has 1 aromatic rings. The third kappa shape index (κ3) is 4.00. The van der Waals surface area contributed by atoms with Crippen molar-refractivity contribution in [2.45, 2.75) is 25.8 Å². The van der Waals surface area contributed by atoms with Crippen LogP contribution < -0.4 is 5.32 Å². The maximum absolute atomic E-state index is 14.1. The molecule has 0 bridgehead atoms. The highest BCUT2D eigenvalue weighted by atomic mass is 35.5. The first kappa shape index (κ1) is 17.7. The van der Waals surface area contributed by atoms with E-state index >= 15 is 0 Å². The van der Waals surface area contributed by atoms with Crippen LogP contribution in [0.5, 0.6) is 0 Å². The third-order valence-electron chi connectivity index (χ3n) is 3.13. The minimum Gasteiger partial charge on any atom is -0.462 e. The second-order valence-corrected chi connectivity index (χ2v) is 5.68. The van der Waals surface area contributed by atoms with Gasteiger partial charge >= 0.3 is 5.97 Å². The zero-order valence-corrected chi connectivity index (χ0v) is 13.6. The summed E-state index contributed by atoms with van der Waals surface area (Å²) in [6, 6.07) is 0.961. The molecule has 1 saturated carbocycles. The first-order chi connectivity index (χ1) is 10.9. The number of rotatable bonds is 6. The van der Waals surface area contributed by atoms with E-state index in [1.165, 1.54) is 6.20 Å². The summed E-state index contributed by atoms with van der Waals surface area (Å²) in [6.07, 6.45) is 3.00. The lowest BCUT2D eigenvalue weighted by atomic mass is 10.0. The molecule has 1 aliphatic rings. The predicted molar refractivity (Wildman–Crippen MR) is 81.6 cm³/mol. The Kier molecular flexibility index (Phi) is 5.59. The number of benzene rings is 1. The molecule has 1 N–H and O–H groups in total. The van der Waals surface area contributed by atoms with Gasteiger partial charge in [0, 0.05) is 12.2 Å². The Bertz CT molecular complexity index is 688. The number of Topliss-reactive ketones (excluding diaryl/α,β-unsaturated/α-hetero) is 1. The van der Waals surface area contributed by atoms with E-state index in [1.807, 2.05) is 0 Å². The summed E-state index contributed by atoms with van der Waals surface area (Å²) in [7, 11) is 0. The maximum atomic E-state index is 14.1. The van der Waals surface area contributed by atoms with E-state index in [1.54, 1.807) is 6.92 Å². The Morgan fingerprint density at radius 3 is 2.57 bits per heavy atom. The second-order valence-electron chi connectivity index (χ2n) is 4.90. The van der Waals surface area contributed by atoms with E-state index in [0.717, 1.165) is 18.9 Å². The van der Waals surface area contributed by atoms with Gasteiger partial charge in [-0.25, -0.2) is 13.6 Å². The van der Waals surface area contributed by atoms with Gasteiger partial charge < -0.3 is 10.1 Å². The molecule has 4 nitrogen and oxygen atoms in total. The van der Waals surface area contributed by atoms with Crippen LogP contribution in [0, 0.1) is 11.6 Å². The first-order valence-electron chi connectivity index (χ1n) is 6.87. The summed E-state index contributed by atoms with van der Waals surface area (Å²) >= 11 is 11.1. The van der Waals surface area contributed by atoms with E-state index in [0.29, 0.717) is 0 Å². The van der Waals surface area contributed by atoms with Crippen molar-refractivity contribution in [3.63, 3.8) is 0 Å². The SMILES string of the molecule is CCOC(=O)/C(=C\NC1CC1)C(=O)c1cc(Cl)c(F)c(Cl)c1F. The fourth-order valence-corrected chi connectivity index (χ4v) is 2.22. The summed E-state index contributed by atoms with van der Waals surface area (Å²) < 4.78 is 32.3. The molecule has 0 unspecified atom stereocenters. The summed E-state index contributed by atoms with van der Waals surface area (Å²) in [5.41, 5.74) is -1.00. The van der Waals surface area contributed by atoms with E-state index in [-0.39, 0.29) is 12.6 Å². The normalized spacial score (nSPS) is 14.6. The van der Waals surface area contributed by atoms with Crippen LogP contribution in [0.25, 0.3) is 0 Å². The number of esters is 1. The van der Waals surface area contributed by atoms with Crippen LogP contribution in [0.1, 0.15) is 30.1 Å². The molecule has 2 rings (SSSR count). The van der Waals surface area contributed by atoms with Crippen molar-refractivity contribution in [2.24, 2.45) is 0 Å². The smallest absolute Gasteiger partial charge is 0.343 e. The number of carbonyl (C=O) groups is 2. The number of ether oxygens (including phenoxy) is 1. The Balaban J connectivity index is 2.40. The Morgan fingerprint density at radius 2 is 2.00 bits per heavy atom. The highest BCUT2D eigenvalue weighted by Gasteiger charge is 2.28. The van der Waals surface area contributed by atoms with Crippen molar-refractivity contribution in [1.29, 1.82) is 0 Å². The zero-order chi connectivity index (χ0) is 17.1. The summed E-state index contributed by atoms with van der Waals surface area (Å²) in [5, 5.41) is 1.44. The van der Waals surface area contributed by atoms with Gasteiger partial charge in [0.2, 0.25) is 5.78 Å². The van der Waals surface area contributed by atoms with Crippen LogP contribution in [-0.4, -0.2) is 24.4 Å². The van der Waals surface area contributed by atoms with Crippen LogP contribution >= 0.6 is 23.2 Å². The van der Waals surface area contributed by atoms with Crippen molar-refractivity contribution in [3.05, 3.63) is 45.1 Å². The Hall–Kier alpha value is -1.66. The summed E-state index contributed by atoms with van der Waals surface area (Å²) in [6.45, 7) is 1.61. The van der Waals surface area contributed by atoms with Crippen LogP contribution in [0.2, 0.25) is 10.0 Å². The molecule has 1 aliphatic carbocycles. The molecule has 1 aromatic carbocycles. The van der Waals surface area contributed by atoms with Gasteiger partial charge in [-0.1, -0.05) is 23.2 Å². The second kappa shape index (κ2) is 7.27. The van der Waals surface area contributed by atoms with Crippen LogP contribution in [0.3, 0.4) is 0 Å². The van der Waals surface area contributed by atoms with E-state index in [2.05, 4.69) is 5.32 Å². The number of nitrogens with one attached hydrogen (secondary N) is 1. The molecule has 0 saturated heterocycles. The lowest BCUT2D eigenvalue weighted by Gasteiger charge is -2.10. The molecule has 0 heterocycles. The van der Waals surface area contributed by atoms with Gasteiger partial charge in [-0.2, -0.15) is 0 Å². The molecule has 0 spiro atoms. The largest absolute Gasteiger partial charge is 0.462 e. The van der Waals surface area contributed by atoms with Crippen molar-refractivity contribution < 1.29 is 23.1 Å². The quantitative estimate of drug-likeness (QED) is 0.159. The minimum atomic E-state index is -1.28. The van der Waals surface area contributed by atoms with Crippen molar-refractivity contribution in [3.8, 4) is 0 Å². The van der Waals surface area contributed by atoms with Gasteiger partial charge in [0.05, 0.1) is 17.2 Å². The predicted octanol–water partition coefficient (Wildman–Crippen LogP) is 3.65. The standard InChI is InChI=1S/C15H13Cl2F2NO3/c1-2-23-15(22)9(6-20-7-3-4-7)14(21)8-5-10(16)13(19)11(17)12(8)18/h5-7,20H,2-4H2,1H3/b9-6-. The molecule has 0 atom stereocenters. The van der Waals surface area contributed by atoms with E-state index in [9.17, 15) is 18.4 Å². The summed E-state index contributed by atoms with van der Waals surface area (Å²) in [5.74, 6) is -4.35. The van der Waals surface area contributed by atoms with Crippen molar-refractivity contribution in [1.82, 2.24) is 5.32 Å². The number of halogens is 4. The zero-order valence-electron chi connectivity index (χ0n) is 12.1. The molecule has 124 valence electrons. The first-order valence-corrected chi connectivity index (χ1v) is 7.63. The lowest BCUT2D eigenvalue weighted by Crippen LogP contribution is -2.21. The molecule has 0 aliphatic heterocycles. The van der Waals surface area contributed by atoms with Crippen LogP contribution in [-0.2, 0) is 9.53 Å².